The molecule has 0 amide bonds. The average molecular weight is 238 g/mol. The van der Waals surface area contributed by atoms with Gasteiger partial charge < -0.3 is 14.6 Å². The number of hydrogen-bond donors (Lipinski definition) is 1. The molecule has 0 saturated carbocycles. The first kappa shape index (κ1) is 13.5. The van der Waals surface area contributed by atoms with E-state index >= 15 is 0 Å². The Morgan fingerprint density at radius 3 is 2.59 bits per heavy atom. The Balaban J connectivity index is 3.02. The van der Waals surface area contributed by atoms with Crippen LogP contribution in [0.25, 0.3) is 0 Å². The van der Waals surface area contributed by atoms with Crippen molar-refractivity contribution < 1.29 is 19.4 Å². The van der Waals surface area contributed by atoms with Gasteiger partial charge in [-0.2, -0.15) is 0 Å². The summed E-state index contributed by atoms with van der Waals surface area (Å²) < 4.78 is 10.4. The molecule has 0 spiro atoms. The van der Waals surface area contributed by atoms with Crippen LogP contribution in [0.1, 0.15) is 31.9 Å². The van der Waals surface area contributed by atoms with Gasteiger partial charge in [0.05, 0.1) is 7.11 Å². The number of carbonyl (C=O) groups excluding carboxylic acids is 1. The summed E-state index contributed by atoms with van der Waals surface area (Å²) in [5, 5.41) is 9.67. The number of benzene rings is 1. The molecule has 0 heterocycles. The number of ether oxygens (including phenoxy) is 2. The van der Waals surface area contributed by atoms with Gasteiger partial charge in [0, 0.05) is 13.0 Å². The molecule has 0 radical (unpaired) electrons. The Kier molecular flexibility index (Phi) is 4.97. The molecular weight excluding hydrogens is 220 g/mol. The van der Waals surface area contributed by atoms with E-state index in [1.165, 1.54) is 13.2 Å². The van der Waals surface area contributed by atoms with Crippen molar-refractivity contribution in [2.24, 2.45) is 0 Å². The minimum atomic E-state index is -0.609. The number of phenols is 1. The molecule has 1 atom stereocenters. The zero-order valence-corrected chi connectivity index (χ0v) is 10.4. The van der Waals surface area contributed by atoms with E-state index < -0.39 is 6.10 Å². The number of carbonyl (C=O) groups is 1. The summed E-state index contributed by atoms with van der Waals surface area (Å²) in [6.45, 7) is 4.07. The Morgan fingerprint density at radius 2 is 2.12 bits per heavy atom. The SMILES string of the molecule is CCOC(C(=O)CC)c1ccc(OC)c(O)c1. The number of rotatable bonds is 6. The number of aromatic hydroxyl groups is 1. The van der Waals surface area contributed by atoms with Crippen molar-refractivity contribution in [3.63, 3.8) is 0 Å². The molecule has 1 rings (SSSR count). The second-order valence-electron chi connectivity index (χ2n) is 3.59. The summed E-state index contributed by atoms with van der Waals surface area (Å²) in [5.74, 6) is 0.392. The molecule has 1 aromatic carbocycles. The first-order valence-corrected chi connectivity index (χ1v) is 5.65. The van der Waals surface area contributed by atoms with Crippen molar-refractivity contribution in [3.8, 4) is 11.5 Å². The van der Waals surface area contributed by atoms with E-state index in [-0.39, 0.29) is 11.5 Å². The number of methoxy groups -OCH3 is 1. The molecule has 0 fully saturated rings. The summed E-state index contributed by atoms with van der Waals surface area (Å²) in [5.41, 5.74) is 0.650. The van der Waals surface area contributed by atoms with Crippen LogP contribution in [-0.2, 0) is 9.53 Å². The van der Waals surface area contributed by atoms with Crippen LogP contribution in [-0.4, -0.2) is 24.6 Å². The maximum Gasteiger partial charge on any atom is 0.165 e. The topological polar surface area (TPSA) is 55.8 Å². The van der Waals surface area contributed by atoms with E-state index in [1.807, 2.05) is 6.92 Å². The van der Waals surface area contributed by atoms with Crippen molar-refractivity contribution in [1.29, 1.82) is 0 Å². The molecule has 0 aliphatic carbocycles. The number of Topliss-reactive ketones (excluding diaryl/α,β-unsaturated/α-hetero) is 1. The van der Waals surface area contributed by atoms with Gasteiger partial charge in [-0.05, 0) is 24.6 Å². The maximum absolute atomic E-state index is 11.7. The second-order valence-corrected chi connectivity index (χ2v) is 3.59. The predicted octanol–water partition coefficient (Wildman–Crippen LogP) is 2.46. The molecule has 94 valence electrons. The monoisotopic (exact) mass is 238 g/mol. The quantitative estimate of drug-likeness (QED) is 0.827. The van der Waals surface area contributed by atoms with E-state index in [9.17, 15) is 9.90 Å². The molecule has 0 aliphatic heterocycles. The van der Waals surface area contributed by atoms with Gasteiger partial charge in [-0.3, -0.25) is 4.79 Å². The lowest BCUT2D eigenvalue weighted by Crippen LogP contribution is -2.15. The van der Waals surface area contributed by atoms with E-state index in [4.69, 9.17) is 9.47 Å². The molecule has 4 nitrogen and oxygen atoms in total. The zero-order valence-electron chi connectivity index (χ0n) is 10.4. The first-order valence-electron chi connectivity index (χ1n) is 5.65. The fourth-order valence-corrected chi connectivity index (χ4v) is 1.60. The van der Waals surface area contributed by atoms with Gasteiger partial charge in [-0.25, -0.2) is 0 Å². The summed E-state index contributed by atoms with van der Waals surface area (Å²) in [6.07, 6.45) is -0.209. The molecule has 1 N–H and O–H groups in total. The second kappa shape index (κ2) is 6.25. The van der Waals surface area contributed by atoms with Gasteiger partial charge in [0.2, 0.25) is 0 Å². The number of hydrogen-bond acceptors (Lipinski definition) is 4. The highest BCUT2D eigenvalue weighted by molar-refractivity contribution is 5.84. The van der Waals surface area contributed by atoms with Crippen LogP contribution in [0.3, 0.4) is 0 Å². The molecule has 0 aromatic heterocycles. The summed E-state index contributed by atoms with van der Waals surface area (Å²) in [6, 6.07) is 4.86. The molecule has 0 aliphatic rings. The van der Waals surface area contributed by atoms with Gasteiger partial charge in [0.15, 0.2) is 17.3 Å². The van der Waals surface area contributed by atoms with Crippen LogP contribution in [0.15, 0.2) is 18.2 Å². The highest BCUT2D eigenvalue weighted by Gasteiger charge is 2.20. The molecule has 1 unspecified atom stereocenters. The average Bonchev–Trinajstić information content (AvgIpc) is 2.35. The van der Waals surface area contributed by atoms with Crippen LogP contribution in [0.5, 0.6) is 11.5 Å². The summed E-state index contributed by atoms with van der Waals surface area (Å²) >= 11 is 0. The van der Waals surface area contributed by atoms with Gasteiger partial charge in [-0.15, -0.1) is 0 Å². The standard InChI is InChI=1S/C13H18O4/c1-4-10(14)13(17-5-2)9-6-7-12(16-3)11(15)8-9/h6-8,13,15H,4-5H2,1-3H3. The van der Waals surface area contributed by atoms with Crippen molar-refractivity contribution in [3.05, 3.63) is 23.8 Å². The minimum absolute atomic E-state index is 0.00332. The van der Waals surface area contributed by atoms with Crippen LogP contribution >= 0.6 is 0 Å². The fraction of sp³-hybridized carbons (Fsp3) is 0.462. The highest BCUT2D eigenvalue weighted by Crippen LogP contribution is 2.30. The molecular formula is C13H18O4. The lowest BCUT2D eigenvalue weighted by atomic mass is 10.0. The van der Waals surface area contributed by atoms with E-state index in [2.05, 4.69) is 0 Å². The lowest BCUT2D eigenvalue weighted by Gasteiger charge is -2.16. The number of ketones is 1. The normalized spacial score (nSPS) is 12.2. The Bertz CT molecular complexity index is 387. The third kappa shape index (κ3) is 3.20. The van der Waals surface area contributed by atoms with Crippen LogP contribution in [0.4, 0.5) is 0 Å². The van der Waals surface area contributed by atoms with E-state index in [0.29, 0.717) is 24.3 Å². The van der Waals surface area contributed by atoms with Crippen molar-refractivity contribution in [2.45, 2.75) is 26.4 Å². The Labute approximate surface area is 101 Å². The van der Waals surface area contributed by atoms with Crippen LogP contribution in [0.2, 0.25) is 0 Å². The lowest BCUT2D eigenvalue weighted by molar-refractivity contribution is -0.130. The first-order chi connectivity index (χ1) is 8.13. The predicted molar refractivity (Wildman–Crippen MR) is 64.3 cm³/mol. The molecule has 0 bridgehead atoms. The Hall–Kier alpha value is -1.55. The number of phenolic OH excluding ortho intramolecular Hbond substituents is 1. The maximum atomic E-state index is 11.7. The third-order valence-corrected chi connectivity index (χ3v) is 2.48. The van der Waals surface area contributed by atoms with Gasteiger partial charge in [0.1, 0.15) is 6.10 Å². The fourth-order valence-electron chi connectivity index (χ4n) is 1.60. The summed E-state index contributed by atoms with van der Waals surface area (Å²) in [7, 11) is 1.48. The molecule has 0 saturated heterocycles. The van der Waals surface area contributed by atoms with Gasteiger partial charge >= 0.3 is 0 Å². The minimum Gasteiger partial charge on any atom is -0.504 e. The zero-order chi connectivity index (χ0) is 12.8. The van der Waals surface area contributed by atoms with Crippen LogP contribution < -0.4 is 4.74 Å². The van der Waals surface area contributed by atoms with Crippen molar-refractivity contribution >= 4 is 5.78 Å². The van der Waals surface area contributed by atoms with Crippen LogP contribution in [0, 0.1) is 0 Å². The molecule has 1 aromatic rings. The van der Waals surface area contributed by atoms with E-state index in [0.717, 1.165) is 0 Å². The van der Waals surface area contributed by atoms with Gasteiger partial charge in [-0.1, -0.05) is 13.0 Å². The Morgan fingerprint density at radius 1 is 1.41 bits per heavy atom. The largest absolute Gasteiger partial charge is 0.504 e. The smallest absolute Gasteiger partial charge is 0.165 e. The summed E-state index contributed by atoms with van der Waals surface area (Å²) in [4.78, 5) is 11.7. The van der Waals surface area contributed by atoms with Crippen molar-refractivity contribution in [2.75, 3.05) is 13.7 Å². The van der Waals surface area contributed by atoms with Gasteiger partial charge in [0.25, 0.3) is 0 Å². The molecule has 4 heteroatoms. The third-order valence-electron chi connectivity index (χ3n) is 2.48. The molecule has 17 heavy (non-hydrogen) atoms. The van der Waals surface area contributed by atoms with E-state index in [1.54, 1.807) is 19.1 Å². The van der Waals surface area contributed by atoms with Crippen molar-refractivity contribution in [1.82, 2.24) is 0 Å². The highest BCUT2D eigenvalue weighted by atomic mass is 16.5.